The molecule has 19 heavy (non-hydrogen) atoms. The second-order valence-electron chi connectivity index (χ2n) is 4.15. The zero-order valence-corrected chi connectivity index (χ0v) is 11.1. The van der Waals surface area contributed by atoms with Crippen molar-refractivity contribution in [2.75, 3.05) is 7.11 Å². The highest BCUT2D eigenvalue weighted by atomic mass is 35.5. The predicted octanol–water partition coefficient (Wildman–Crippen LogP) is 2.98. The minimum atomic E-state index is 0.598. The van der Waals surface area contributed by atoms with E-state index in [1.807, 2.05) is 40.9 Å². The second kappa shape index (κ2) is 4.90. The summed E-state index contributed by atoms with van der Waals surface area (Å²) in [6.45, 7) is 0. The van der Waals surface area contributed by atoms with Gasteiger partial charge in [0.15, 0.2) is 5.65 Å². The van der Waals surface area contributed by atoms with Crippen molar-refractivity contribution in [3.05, 3.63) is 59.0 Å². The van der Waals surface area contributed by atoms with Crippen LogP contribution < -0.4 is 4.74 Å². The summed E-state index contributed by atoms with van der Waals surface area (Å²) in [5, 5.41) is 8.91. The highest BCUT2D eigenvalue weighted by Gasteiger charge is 2.10. The fraction of sp³-hybridized carbons (Fsp3) is 0.143. The van der Waals surface area contributed by atoms with Gasteiger partial charge >= 0.3 is 0 Å². The van der Waals surface area contributed by atoms with Gasteiger partial charge < -0.3 is 4.74 Å². The molecule has 0 atom stereocenters. The Morgan fingerprint density at radius 3 is 2.84 bits per heavy atom. The van der Waals surface area contributed by atoms with E-state index in [2.05, 4.69) is 10.2 Å². The third kappa shape index (κ3) is 2.15. The molecule has 0 amide bonds. The van der Waals surface area contributed by atoms with Crippen LogP contribution in [0, 0.1) is 0 Å². The van der Waals surface area contributed by atoms with Gasteiger partial charge in [0.2, 0.25) is 0 Å². The monoisotopic (exact) mass is 273 g/mol. The van der Waals surface area contributed by atoms with Crippen LogP contribution in [0.1, 0.15) is 11.4 Å². The van der Waals surface area contributed by atoms with E-state index < -0.39 is 0 Å². The molecule has 0 aliphatic carbocycles. The van der Waals surface area contributed by atoms with Gasteiger partial charge in [-0.05, 0) is 18.2 Å². The van der Waals surface area contributed by atoms with E-state index in [1.165, 1.54) is 0 Å². The number of methoxy groups -OCH3 is 1. The SMILES string of the molecule is COc1ccccc1Cc1nnc2c(Cl)cccn12. The number of nitrogens with zero attached hydrogens (tertiary/aromatic N) is 3. The van der Waals surface area contributed by atoms with Crippen LogP contribution in [-0.2, 0) is 6.42 Å². The summed E-state index contributed by atoms with van der Waals surface area (Å²) in [5.74, 6) is 1.68. The summed E-state index contributed by atoms with van der Waals surface area (Å²) >= 11 is 6.08. The van der Waals surface area contributed by atoms with Crippen LogP contribution in [0.25, 0.3) is 5.65 Å². The van der Waals surface area contributed by atoms with E-state index in [0.717, 1.165) is 17.1 Å². The summed E-state index contributed by atoms with van der Waals surface area (Å²) < 4.78 is 7.24. The lowest BCUT2D eigenvalue weighted by Crippen LogP contribution is -1.98. The first kappa shape index (κ1) is 12.0. The standard InChI is InChI=1S/C14H12ClN3O/c1-19-12-7-3-2-5-10(12)9-13-16-17-14-11(15)6-4-8-18(13)14/h2-8H,9H2,1H3. The summed E-state index contributed by atoms with van der Waals surface area (Å²) in [4.78, 5) is 0. The Morgan fingerprint density at radius 2 is 2.00 bits per heavy atom. The fourth-order valence-electron chi connectivity index (χ4n) is 2.07. The van der Waals surface area contributed by atoms with Crippen molar-refractivity contribution >= 4 is 17.2 Å². The first-order chi connectivity index (χ1) is 9.29. The quantitative estimate of drug-likeness (QED) is 0.736. The molecule has 0 radical (unpaired) electrons. The number of pyridine rings is 1. The first-order valence-corrected chi connectivity index (χ1v) is 6.27. The molecule has 0 bridgehead atoms. The van der Waals surface area contributed by atoms with Gasteiger partial charge in [0.1, 0.15) is 11.6 Å². The number of halogens is 1. The molecule has 0 aliphatic heterocycles. The van der Waals surface area contributed by atoms with Gasteiger partial charge in [0.25, 0.3) is 0 Å². The first-order valence-electron chi connectivity index (χ1n) is 5.89. The molecule has 0 spiro atoms. The summed E-state index contributed by atoms with van der Waals surface area (Å²) in [6.07, 6.45) is 2.55. The lowest BCUT2D eigenvalue weighted by Gasteiger charge is -2.07. The molecule has 3 rings (SSSR count). The molecule has 3 aromatic rings. The fourth-order valence-corrected chi connectivity index (χ4v) is 2.27. The molecule has 5 heteroatoms. The molecule has 1 aromatic carbocycles. The summed E-state index contributed by atoms with van der Waals surface area (Å²) in [6, 6.07) is 11.6. The van der Waals surface area contributed by atoms with E-state index in [-0.39, 0.29) is 0 Å². The van der Waals surface area contributed by atoms with Crippen molar-refractivity contribution in [1.82, 2.24) is 14.6 Å². The van der Waals surface area contributed by atoms with Gasteiger partial charge in [-0.1, -0.05) is 29.8 Å². The number of fused-ring (bicyclic) bond motifs is 1. The van der Waals surface area contributed by atoms with Crippen LogP contribution in [0.5, 0.6) is 5.75 Å². The van der Waals surface area contributed by atoms with E-state index >= 15 is 0 Å². The lowest BCUT2D eigenvalue weighted by molar-refractivity contribution is 0.410. The van der Waals surface area contributed by atoms with Crippen molar-refractivity contribution in [2.24, 2.45) is 0 Å². The smallest absolute Gasteiger partial charge is 0.179 e. The number of benzene rings is 1. The van der Waals surface area contributed by atoms with Crippen LogP contribution in [-0.4, -0.2) is 21.7 Å². The maximum atomic E-state index is 6.08. The molecule has 2 aromatic heterocycles. The minimum Gasteiger partial charge on any atom is -0.496 e. The van der Waals surface area contributed by atoms with Crippen LogP contribution in [0.15, 0.2) is 42.6 Å². The van der Waals surface area contributed by atoms with Crippen LogP contribution in [0.3, 0.4) is 0 Å². The van der Waals surface area contributed by atoms with Crippen LogP contribution >= 0.6 is 11.6 Å². The van der Waals surface area contributed by atoms with Gasteiger partial charge in [0.05, 0.1) is 12.1 Å². The van der Waals surface area contributed by atoms with Crippen molar-refractivity contribution in [2.45, 2.75) is 6.42 Å². The average Bonchev–Trinajstić information content (AvgIpc) is 2.84. The van der Waals surface area contributed by atoms with Gasteiger partial charge in [-0.25, -0.2) is 0 Å². The van der Waals surface area contributed by atoms with E-state index in [9.17, 15) is 0 Å². The lowest BCUT2D eigenvalue weighted by atomic mass is 10.1. The molecule has 96 valence electrons. The highest BCUT2D eigenvalue weighted by Crippen LogP contribution is 2.22. The molecule has 0 saturated heterocycles. The van der Waals surface area contributed by atoms with E-state index in [4.69, 9.17) is 16.3 Å². The van der Waals surface area contributed by atoms with Gasteiger partial charge in [-0.15, -0.1) is 10.2 Å². The zero-order valence-electron chi connectivity index (χ0n) is 10.4. The van der Waals surface area contributed by atoms with E-state index in [0.29, 0.717) is 17.1 Å². The maximum absolute atomic E-state index is 6.08. The molecule has 0 saturated carbocycles. The Kier molecular flexibility index (Phi) is 3.09. The Bertz CT molecular complexity index is 724. The number of hydrogen-bond donors (Lipinski definition) is 0. The van der Waals surface area contributed by atoms with Crippen LogP contribution in [0.2, 0.25) is 5.02 Å². The molecule has 2 heterocycles. The Hall–Kier alpha value is -2.07. The van der Waals surface area contributed by atoms with E-state index in [1.54, 1.807) is 13.2 Å². The number of ether oxygens (including phenoxy) is 1. The van der Waals surface area contributed by atoms with Crippen molar-refractivity contribution < 1.29 is 4.74 Å². The van der Waals surface area contributed by atoms with Crippen LogP contribution in [0.4, 0.5) is 0 Å². The normalized spacial score (nSPS) is 10.8. The Labute approximate surface area is 115 Å². The van der Waals surface area contributed by atoms with Crippen molar-refractivity contribution in [1.29, 1.82) is 0 Å². The molecular formula is C14H12ClN3O. The molecule has 0 fully saturated rings. The third-order valence-corrected chi connectivity index (χ3v) is 3.29. The average molecular weight is 274 g/mol. The molecule has 0 unspecified atom stereocenters. The largest absolute Gasteiger partial charge is 0.496 e. The van der Waals surface area contributed by atoms with Gasteiger partial charge in [-0.3, -0.25) is 4.40 Å². The number of para-hydroxylation sites is 1. The Morgan fingerprint density at radius 1 is 1.16 bits per heavy atom. The molecular weight excluding hydrogens is 262 g/mol. The van der Waals surface area contributed by atoms with Gasteiger partial charge in [-0.2, -0.15) is 0 Å². The zero-order chi connectivity index (χ0) is 13.2. The summed E-state index contributed by atoms with van der Waals surface area (Å²) in [5.41, 5.74) is 1.74. The topological polar surface area (TPSA) is 39.4 Å². The van der Waals surface area contributed by atoms with Crippen molar-refractivity contribution in [3.63, 3.8) is 0 Å². The van der Waals surface area contributed by atoms with Gasteiger partial charge in [0, 0.05) is 18.2 Å². The minimum absolute atomic E-state index is 0.598. The number of hydrogen-bond acceptors (Lipinski definition) is 3. The second-order valence-corrected chi connectivity index (χ2v) is 4.56. The Balaban J connectivity index is 2.04. The number of aromatic nitrogens is 3. The molecule has 4 nitrogen and oxygen atoms in total. The highest BCUT2D eigenvalue weighted by molar-refractivity contribution is 6.33. The predicted molar refractivity (Wildman–Crippen MR) is 73.8 cm³/mol. The third-order valence-electron chi connectivity index (χ3n) is 3.00. The molecule has 0 aliphatic rings. The molecule has 0 N–H and O–H groups in total. The summed E-state index contributed by atoms with van der Waals surface area (Å²) in [7, 11) is 1.66. The van der Waals surface area contributed by atoms with Crippen molar-refractivity contribution in [3.8, 4) is 5.75 Å². The number of rotatable bonds is 3. The maximum Gasteiger partial charge on any atom is 0.179 e.